The first-order chi connectivity index (χ1) is 34.9. The number of amides is 1. The fourth-order valence-corrected chi connectivity index (χ4v) is 6.36. The van der Waals surface area contributed by atoms with Gasteiger partial charge in [0.15, 0.2) is 0 Å². The largest absolute Gasteiger partial charge is 0.465 e. The standard InChI is InChI=1S/C18H18O2.2C13H18O2.C10H13NO2.C9H11/c19-18(14-13-17-10-5-2-6-11-17)20-15-7-12-16-8-3-1-4-9-16;1-10(2)13(14)15-9-11(3)12-7-5-4-6-8-12;1-11(2)13(14)15-10-6-9-12-7-4-3-5-8-12;12-10(13)11-8-4-7-9-5-2-1-3-6-9;1-2-6-9-7-4-3-5-8-9/h1-6,8-11,13-14H,7,12,15H2;4-8,10-11H,9H2,1-3H3;3-5,7-8,11H,6,9-10H2,1-2H3;1-3,5-6,11H,4,7-8H2,(H,12,13);3-5,7-8H,1-2,6H2/b14-13+;;;;. The number of rotatable bonds is 21. The third-order valence-corrected chi connectivity index (χ3v) is 10.5. The van der Waals surface area contributed by atoms with E-state index in [9.17, 15) is 19.2 Å². The van der Waals surface area contributed by atoms with Crippen LogP contribution in [0.25, 0.3) is 6.08 Å². The summed E-state index contributed by atoms with van der Waals surface area (Å²) in [5.74, 6) is -0.341. The molecule has 0 bridgehead atoms. The van der Waals surface area contributed by atoms with Crippen molar-refractivity contribution in [3.63, 3.8) is 0 Å². The molecule has 6 aromatic rings. The van der Waals surface area contributed by atoms with Crippen molar-refractivity contribution in [1.82, 2.24) is 5.32 Å². The Bertz CT molecular complexity index is 2310. The molecule has 0 aliphatic heterocycles. The summed E-state index contributed by atoms with van der Waals surface area (Å²) in [7, 11) is 0. The Morgan fingerprint density at radius 2 is 0.875 bits per heavy atom. The van der Waals surface area contributed by atoms with Crippen LogP contribution in [0.5, 0.6) is 0 Å². The first-order valence-corrected chi connectivity index (χ1v) is 25.1. The molecule has 1 radical (unpaired) electrons. The van der Waals surface area contributed by atoms with E-state index in [4.69, 9.17) is 19.3 Å². The molecule has 1 atom stereocenters. The van der Waals surface area contributed by atoms with Crippen molar-refractivity contribution in [2.24, 2.45) is 11.8 Å². The average Bonchev–Trinajstić information content (AvgIpc) is 3.41. The van der Waals surface area contributed by atoms with Crippen molar-refractivity contribution >= 4 is 30.1 Å². The molecule has 383 valence electrons. The van der Waals surface area contributed by atoms with Crippen LogP contribution < -0.4 is 5.32 Å². The minimum absolute atomic E-state index is 0.0262. The van der Waals surface area contributed by atoms with E-state index in [-0.39, 0.29) is 35.7 Å². The van der Waals surface area contributed by atoms with Gasteiger partial charge >= 0.3 is 24.0 Å². The lowest BCUT2D eigenvalue weighted by Gasteiger charge is -2.13. The van der Waals surface area contributed by atoms with E-state index in [0.29, 0.717) is 26.4 Å². The Labute approximate surface area is 430 Å². The molecule has 0 fully saturated rings. The van der Waals surface area contributed by atoms with E-state index >= 15 is 0 Å². The van der Waals surface area contributed by atoms with Gasteiger partial charge in [0, 0.05) is 18.5 Å². The van der Waals surface area contributed by atoms with Gasteiger partial charge in [0.05, 0.1) is 31.7 Å². The van der Waals surface area contributed by atoms with Crippen LogP contribution in [0.1, 0.15) is 99.6 Å². The molecule has 0 heterocycles. The quantitative estimate of drug-likeness (QED) is 0.0316. The second kappa shape index (κ2) is 39.5. The second-order valence-corrected chi connectivity index (χ2v) is 17.4. The molecule has 0 saturated heterocycles. The van der Waals surface area contributed by atoms with Gasteiger partial charge in [-0.2, -0.15) is 0 Å². The van der Waals surface area contributed by atoms with Gasteiger partial charge in [-0.05, 0) is 90.8 Å². The predicted molar refractivity (Wildman–Crippen MR) is 293 cm³/mol. The molecule has 9 nitrogen and oxygen atoms in total. The topological polar surface area (TPSA) is 128 Å². The van der Waals surface area contributed by atoms with Crippen LogP contribution in [-0.4, -0.2) is 55.5 Å². The minimum Gasteiger partial charge on any atom is -0.465 e. The summed E-state index contributed by atoms with van der Waals surface area (Å²) >= 11 is 0. The number of ether oxygens (including phenoxy) is 3. The monoisotopic (exact) mass is 977 g/mol. The van der Waals surface area contributed by atoms with Crippen LogP contribution in [0.3, 0.4) is 0 Å². The van der Waals surface area contributed by atoms with Crippen molar-refractivity contribution in [3.8, 4) is 0 Å². The zero-order valence-corrected chi connectivity index (χ0v) is 43.2. The molecule has 2 N–H and O–H groups in total. The first kappa shape index (κ1) is 60.9. The summed E-state index contributed by atoms with van der Waals surface area (Å²) in [6, 6.07) is 60.6. The van der Waals surface area contributed by atoms with Gasteiger partial charge in [-0.15, -0.1) is 0 Å². The number of nitrogens with one attached hydrogen (secondary N) is 1. The highest BCUT2D eigenvalue weighted by Gasteiger charge is 2.12. The molecule has 0 spiro atoms. The Morgan fingerprint density at radius 3 is 1.29 bits per heavy atom. The smallest absolute Gasteiger partial charge is 0.404 e. The summed E-state index contributed by atoms with van der Waals surface area (Å²) in [6.07, 6.45) is 9.76. The molecular formula is C63H78NO8. The highest BCUT2D eigenvalue weighted by atomic mass is 16.5. The van der Waals surface area contributed by atoms with Crippen molar-refractivity contribution in [1.29, 1.82) is 0 Å². The van der Waals surface area contributed by atoms with Gasteiger partial charge in [-0.25, -0.2) is 9.59 Å². The third-order valence-electron chi connectivity index (χ3n) is 10.5. The Balaban J connectivity index is 0.000000315. The zero-order valence-electron chi connectivity index (χ0n) is 43.2. The van der Waals surface area contributed by atoms with Crippen molar-refractivity contribution < 1.29 is 38.5 Å². The molecule has 1 amide bonds. The maximum Gasteiger partial charge on any atom is 0.404 e. The van der Waals surface area contributed by atoms with Gasteiger partial charge < -0.3 is 24.6 Å². The lowest BCUT2D eigenvalue weighted by Crippen LogP contribution is -2.22. The minimum atomic E-state index is -0.951. The number of carboxylic acid groups (broad SMARTS) is 1. The van der Waals surface area contributed by atoms with Crippen LogP contribution in [0.2, 0.25) is 0 Å². The maximum absolute atomic E-state index is 11.5. The maximum atomic E-state index is 11.5. The van der Waals surface area contributed by atoms with Gasteiger partial charge in [-0.3, -0.25) is 9.59 Å². The van der Waals surface area contributed by atoms with E-state index < -0.39 is 6.09 Å². The van der Waals surface area contributed by atoms with Crippen LogP contribution >= 0.6 is 0 Å². The van der Waals surface area contributed by atoms with Gasteiger partial charge in [0.1, 0.15) is 0 Å². The molecule has 0 saturated carbocycles. The van der Waals surface area contributed by atoms with Gasteiger partial charge in [-0.1, -0.05) is 224 Å². The Morgan fingerprint density at radius 1 is 0.500 bits per heavy atom. The summed E-state index contributed by atoms with van der Waals surface area (Å²) < 4.78 is 15.4. The predicted octanol–water partition coefficient (Wildman–Crippen LogP) is 14.0. The van der Waals surface area contributed by atoms with Crippen LogP contribution in [0, 0.1) is 18.8 Å². The van der Waals surface area contributed by atoms with Crippen LogP contribution in [-0.2, 0) is 54.3 Å². The van der Waals surface area contributed by atoms with Crippen molar-refractivity contribution in [2.75, 3.05) is 26.4 Å². The molecule has 72 heavy (non-hydrogen) atoms. The van der Waals surface area contributed by atoms with E-state index in [1.165, 1.54) is 33.9 Å². The number of hydrogen-bond donors (Lipinski definition) is 2. The molecule has 0 aliphatic rings. The third kappa shape index (κ3) is 31.8. The SMILES string of the molecule is CC(C)C(=O)OCC(C)c1ccccc1.CC(C)C(=O)OCCCc1ccccc1.O=C(/C=C/c1ccccc1)OCCCc1ccccc1.O=C(O)NCCCc1ccccc1.[CH2]CCc1ccccc1. The van der Waals surface area contributed by atoms with E-state index in [1.807, 2.05) is 161 Å². The molecule has 6 aromatic carbocycles. The number of aryl methyl sites for hydroxylation is 4. The van der Waals surface area contributed by atoms with Crippen LogP contribution in [0.15, 0.2) is 188 Å². The van der Waals surface area contributed by atoms with E-state index in [1.54, 1.807) is 6.08 Å². The molecular weight excluding hydrogens is 899 g/mol. The molecule has 0 aromatic heterocycles. The lowest BCUT2D eigenvalue weighted by atomic mass is 10.0. The second-order valence-electron chi connectivity index (χ2n) is 17.4. The molecule has 9 heteroatoms. The van der Waals surface area contributed by atoms with Crippen molar-refractivity contribution in [3.05, 3.63) is 228 Å². The van der Waals surface area contributed by atoms with Gasteiger partial charge in [0.2, 0.25) is 0 Å². The normalized spacial score (nSPS) is 10.6. The summed E-state index contributed by atoms with van der Waals surface area (Å²) in [6.45, 7) is 15.2. The number of carbonyl (C=O) groups excluding carboxylic acids is 3. The van der Waals surface area contributed by atoms with Gasteiger partial charge in [0.25, 0.3) is 0 Å². The number of hydrogen-bond acceptors (Lipinski definition) is 7. The highest BCUT2D eigenvalue weighted by molar-refractivity contribution is 5.87. The Kier molecular flexibility index (Phi) is 33.4. The fraction of sp³-hybridized carbons (Fsp3) is 0.317. The fourth-order valence-electron chi connectivity index (χ4n) is 6.36. The van der Waals surface area contributed by atoms with Crippen molar-refractivity contribution in [2.45, 2.75) is 91.9 Å². The number of benzene rings is 6. The van der Waals surface area contributed by atoms with Crippen LogP contribution in [0.4, 0.5) is 4.79 Å². The summed E-state index contributed by atoms with van der Waals surface area (Å²) in [5.41, 5.74) is 7.38. The first-order valence-electron chi connectivity index (χ1n) is 25.1. The highest BCUT2D eigenvalue weighted by Crippen LogP contribution is 2.15. The lowest BCUT2D eigenvalue weighted by molar-refractivity contribution is -0.148. The zero-order chi connectivity index (χ0) is 52.4. The summed E-state index contributed by atoms with van der Waals surface area (Å²) in [5, 5.41) is 10.6. The summed E-state index contributed by atoms with van der Waals surface area (Å²) in [4.78, 5) is 44.0. The Hall–Kier alpha value is -7.26. The number of esters is 3. The van der Waals surface area contributed by atoms with E-state index in [0.717, 1.165) is 56.9 Å². The molecule has 0 aliphatic carbocycles. The average molecular weight is 977 g/mol. The van der Waals surface area contributed by atoms with E-state index in [2.05, 4.69) is 67.7 Å². The number of carbonyl (C=O) groups is 4. The molecule has 6 rings (SSSR count). The molecule has 1 unspecified atom stereocenters.